The molecule has 0 bridgehead atoms. The van der Waals surface area contributed by atoms with Gasteiger partial charge in [-0.3, -0.25) is 0 Å². The van der Waals surface area contributed by atoms with Gasteiger partial charge >= 0.3 is 6.09 Å². The third-order valence-corrected chi connectivity index (χ3v) is 2.44. The van der Waals surface area contributed by atoms with E-state index in [1.54, 1.807) is 0 Å². The van der Waals surface area contributed by atoms with Crippen molar-refractivity contribution in [2.45, 2.75) is 12.2 Å². The third-order valence-electron chi connectivity index (χ3n) is 2.44. The molecule has 0 aromatic heterocycles. The van der Waals surface area contributed by atoms with Crippen LogP contribution in [0.3, 0.4) is 0 Å². The average molecular weight is 173 g/mol. The predicted octanol–water partition coefficient (Wildman–Crippen LogP) is -0.644. The fourth-order valence-electron chi connectivity index (χ4n) is 1.64. The number of carbonyl (C=O) groups is 1. The van der Waals surface area contributed by atoms with E-state index in [2.05, 4.69) is 0 Å². The Morgan fingerprint density at radius 3 is 2.58 bits per heavy atom. The van der Waals surface area contributed by atoms with Crippen LogP contribution in [0.2, 0.25) is 0 Å². The zero-order valence-corrected chi connectivity index (χ0v) is 6.51. The van der Waals surface area contributed by atoms with E-state index in [1.807, 2.05) is 0 Å². The van der Waals surface area contributed by atoms with Crippen molar-refractivity contribution in [1.82, 2.24) is 4.90 Å². The maximum atomic E-state index is 10.5. The summed E-state index contributed by atoms with van der Waals surface area (Å²) in [7, 11) is 0. The summed E-state index contributed by atoms with van der Waals surface area (Å²) < 4.78 is 5.01. The summed E-state index contributed by atoms with van der Waals surface area (Å²) in [4.78, 5) is 11.7. The van der Waals surface area contributed by atoms with Gasteiger partial charge in [0.1, 0.15) is 0 Å². The number of hydrogen-bond acceptors (Lipinski definition) is 3. The Hall–Kier alpha value is -0.810. The van der Waals surface area contributed by atoms with Crippen LogP contribution in [0.25, 0.3) is 0 Å². The van der Waals surface area contributed by atoms with Gasteiger partial charge in [-0.25, -0.2) is 4.79 Å². The van der Waals surface area contributed by atoms with Gasteiger partial charge in [-0.1, -0.05) is 0 Å². The Labute approximate surface area is 69.5 Å². The van der Waals surface area contributed by atoms with Gasteiger partial charge in [-0.05, 0) is 0 Å². The number of rotatable bonds is 1. The molecule has 3 atom stereocenters. The minimum atomic E-state index is -0.961. The van der Waals surface area contributed by atoms with Gasteiger partial charge in [0.25, 0.3) is 0 Å². The second-order valence-electron chi connectivity index (χ2n) is 3.29. The maximum absolute atomic E-state index is 10.5. The van der Waals surface area contributed by atoms with Crippen LogP contribution >= 0.6 is 0 Å². The highest BCUT2D eigenvalue weighted by Gasteiger charge is 2.44. The number of hydrogen-bond donors (Lipinski definition) is 2. The van der Waals surface area contributed by atoms with Gasteiger partial charge in [0.15, 0.2) is 0 Å². The van der Waals surface area contributed by atoms with Crippen molar-refractivity contribution in [3.8, 4) is 0 Å². The van der Waals surface area contributed by atoms with Crippen LogP contribution in [-0.2, 0) is 4.74 Å². The van der Waals surface area contributed by atoms with Gasteiger partial charge in [0, 0.05) is 12.5 Å². The summed E-state index contributed by atoms with van der Waals surface area (Å²) in [5, 5.41) is 18.1. The summed E-state index contributed by atoms with van der Waals surface area (Å²) in [5.74, 6) is -0.0129. The lowest BCUT2D eigenvalue weighted by Gasteiger charge is -2.09. The standard InChI is InChI=1S/C7H11NO4/c9-5-2-8(7(10)11)1-4(5)6-3-12-6/h4-6,9H,1-3H2,(H,10,11)/t4-,5+,6-/m1/s1. The summed E-state index contributed by atoms with van der Waals surface area (Å²) in [5.41, 5.74) is 0. The van der Waals surface area contributed by atoms with E-state index in [1.165, 1.54) is 4.90 Å². The third kappa shape index (κ3) is 1.25. The molecule has 0 aliphatic carbocycles. The van der Waals surface area contributed by atoms with Crippen molar-refractivity contribution in [2.75, 3.05) is 19.7 Å². The zero-order chi connectivity index (χ0) is 8.72. The topological polar surface area (TPSA) is 73.3 Å². The molecule has 5 heteroatoms. The molecule has 0 unspecified atom stereocenters. The fourth-order valence-corrected chi connectivity index (χ4v) is 1.64. The van der Waals surface area contributed by atoms with E-state index in [4.69, 9.17) is 9.84 Å². The van der Waals surface area contributed by atoms with E-state index in [0.29, 0.717) is 13.2 Å². The Morgan fingerprint density at radius 1 is 1.50 bits per heavy atom. The second-order valence-corrected chi connectivity index (χ2v) is 3.29. The molecule has 5 nitrogen and oxygen atoms in total. The van der Waals surface area contributed by atoms with Gasteiger partial charge in [0.2, 0.25) is 0 Å². The van der Waals surface area contributed by atoms with Crippen LogP contribution in [-0.4, -0.2) is 53.1 Å². The molecular weight excluding hydrogens is 162 g/mol. The summed E-state index contributed by atoms with van der Waals surface area (Å²) >= 11 is 0. The lowest BCUT2D eigenvalue weighted by molar-refractivity contribution is 0.122. The molecule has 2 fully saturated rings. The van der Waals surface area contributed by atoms with Crippen LogP contribution in [0, 0.1) is 5.92 Å². The molecule has 2 aliphatic rings. The molecule has 1 amide bonds. The van der Waals surface area contributed by atoms with Gasteiger partial charge < -0.3 is 19.8 Å². The van der Waals surface area contributed by atoms with Crippen LogP contribution in [0.15, 0.2) is 0 Å². The van der Waals surface area contributed by atoms with Crippen molar-refractivity contribution in [2.24, 2.45) is 5.92 Å². The fraction of sp³-hybridized carbons (Fsp3) is 0.857. The van der Waals surface area contributed by atoms with Crippen molar-refractivity contribution < 1.29 is 19.7 Å². The molecule has 0 saturated carbocycles. The minimum Gasteiger partial charge on any atom is -0.465 e. The highest BCUT2D eigenvalue weighted by molar-refractivity contribution is 5.65. The Morgan fingerprint density at radius 2 is 2.17 bits per heavy atom. The predicted molar refractivity (Wildman–Crippen MR) is 38.8 cm³/mol. The number of aliphatic hydroxyl groups excluding tert-OH is 1. The second kappa shape index (κ2) is 2.60. The molecule has 0 spiro atoms. The quantitative estimate of drug-likeness (QED) is 0.517. The smallest absolute Gasteiger partial charge is 0.407 e. The van der Waals surface area contributed by atoms with Crippen molar-refractivity contribution in [3.05, 3.63) is 0 Å². The summed E-state index contributed by atoms with van der Waals surface area (Å²) in [6.45, 7) is 1.29. The van der Waals surface area contributed by atoms with Crippen LogP contribution in [0.1, 0.15) is 0 Å². The van der Waals surface area contributed by atoms with Gasteiger partial charge in [-0.2, -0.15) is 0 Å². The molecule has 0 aromatic carbocycles. The van der Waals surface area contributed by atoms with E-state index < -0.39 is 12.2 Å². The van der Waals surface area contributed by atoms with Crippen molar-refractivity contribution in [1.29, 1.82) is 0 Å². The van der Waals surface area contributed by atoms with Crippen molar-refractivity contribution in [3.63, 3.8) is 0 Å². The average Bonchev–Trinajstić information content (AvgIpc) is 2.75. The van der Waals surface area contributed by atoms with Crippen molar-refractivity contribution >= 4 is 6.09 Å². The van der Waals surface area contributed by atoms with E-state index in [9.17, 15) is 9.90 Å². The Kier molecular flexibility index (Phi) is 1.69. The molecule has 2 saturated heterocycles. The number of carboxylic acid groups (broad SMARTS) is 1. The lowest BCUT2D eigenvalue weighted by atomic mass is 10.0. The number of likely N-dealkylation sites (tertiary alicyclic amines) is 1. The largest absolute Gasteiger partial charge is 0.465 e. The van der Waals surface area contributed by atoms with Gasteiger partial charge in [-0.15, -0.1) is 0 Å². The van der Waals surface area contributed by atoms with Crippen LogP contribution in [0.4, 0.5) is 4.79 Å². The monoisotopic (exact) mass is 173 g/mol. The zero-order valence-electron chi connectivity index (χ0n) is 6.51. The minimum absolute atomic E-state index is 0.0129. The molecule has 0 aromatic rings. The molecule has 12 heavy (non-hydrogen) atoms. The van der Waals surface area contributed by atoms with E-state index in [0.717, 1.165) is 0 Å². The molecule has 2 heterocycles. The van der Waals surface area contributed by atoms with E-state index in [-0.39, 0.29) is 18.6 Å². The number of nitrogens with zero attached hydrogens (tertiary/aromatic N) is 1. The molecule has 2 aliphatic heterocycles. The van der Waals surface area contributed by atoms with Crippen LogP contribution < -0.4 is 0 Å². The van der Waals surface area contributed by atoms with Gasteiger partial charge in [0.05, 0.1) is 25.4 Å². The maximum Gasteiger partial charge on any atom is 0.407 e. The number of amides is 1. The number of aliphatic hydroxyl groups is 1. The molecule has 0 radical (unpaired) electrons. The first-order valence-corrected chi connectivity index (χ1v) is 3.96. The lowest BCUT2D eigenvalue weighted by Crippen LogP contribution is -2.27. The molecule has 2 N–H and O–H groups in total. The highest BCUT2D eigenvalue weighted by atomic mass is 16.6. The Bertz CT molecular complexity index is 204. The number of β-amino-alcohol motifs (C(OH)–C–C–N with tert-alkyl or cyclic N) is 1. The number of ether oxygens (including phenoxy) is 1. The first kappa shape index (κ1) is 7.82. The van der Waals surface area contributed by atoms with Crippen LogP contribution in [0.5, 0.6) is 0 Å². The molecule has 2 rings (SSSR count). The highest BCUT2D eigenvalue weighted by Crippen LogP contribution is 2.29. The number of epoxide rings is 1. The summed E-state index contributed by atoms with van der Waals surface area (Å²) in [6.07, 6.45) is -1.42. The molecular formula is C7H11NO4. The normalized spacial score (nSPS) is 40.1. The molecule has 68 valence electrons. The first-order chi connectivity index (χ1) is 5.68. The van der Waals surface area contributed by atoms with E-state index >= 15 is 0 Å². The summed E-state index contributed by atoms with van der Waals surface area (Å²) in [6, 6.07) is 0. The first-order valence-electron chi connectivity index (χ1n) is 3.96. The Balaban J connectivity index is 1.96. The SMILES string of the molecule is O=C(O)N1C[C@@H]([C@H]2CO2)[C@@H](O)C1.